The van der Waals surface area contributed by atoms with E-state index in [2.05, 4.69) is 10.3 Å². The van der Waals surface area contributed by atoms with Crippen LogP contribution in [0.5, 0.6) is 5.88 Å². The highest BCUT2D eigenvalue weighted by Crippen LogP contribution is 2.13. The molecule has 0 bridgehead atoms. The second-order valence-electron chi connectivity index (χ2n) is 4.98. The third kappa shape index (κ3) is 4.08. The highest BCUT2D eigenvalue weighted by atomic mass is 32.2. The van der Waals surface area contributed by atoms with Crippen LogP contribution in [0, 0.1) is 0 Å². The van der Waals surface area contributed by atoms with E-state index in [1.807, 2.05) is 6.07 Å². The van der Waals surface area contributed by atoms with Crippen molar-refractivity contribution in [3.63, 3.8) is 0 Å². The van der Waals surface area contributed by atoms with Gasteiger partial charge in [-0.1, -0.05) is 6.07 Å². The zero-order chi connectivity index (χ0) is 16.2. The Morgan fingerprint density at radius 1 is 1.36 bits per heavy atom. The Labute approximate surface area is 130 Å². The van der Waals surface area contributed by atoms with Crippen molar-refractivity contribution in [1.82, 2.24) is 19.5 Å². The third-order valence-corrected chi connectivity index (χ3v) is 4.77. The lowest BCUT2D eigenvalue weighted by atomic mass is 10.2. The first-order valence-electron chi connectivity index (χ1n) is 6.87. The van der Waals surface area contributed by atoms with E-state index in [-0.39, 0.29) is 6.03 Å². The molecule has 1 N–H and O–H groups in total. The first-order chi connectivity index (χ1) is 10.4. The van der Waals surface area contributed by atoms with E-state index in [1.165, 1.54) is 17.7 Å². The lowest BCUT2D eigenvalue weighted by molar-refractivity contribution is 0.172. The molecule has 0 saturated carbocycles. The predicted octanol–water partition coefficient (Wildman–Crippen LogP) is -0.123. The van der Waals surface area contributed by atoms with Crippen LogP contribution in [0.1, 0.15) is 5.56 Å². The number of hydrogen-bond acceptors (Lipinski definition) is 5. The molecule has 2 rings (SSSR count). The largest absolute Gasteiger partial charge is 0.481 e. The van der Waals surface area contributed by atoms with Gasteiger partial charge in [-0.3, -0.25) is 0 Å². The van der Waals surface area contributed by atoms with E-state index in [1.54, 1.807) is 17.2 Å². The van der Waals surface area contributed by atoms with Crippen LogP contribution in [0.25, 0.3) is 0 Å². The Hall–Kier alpha value is -1.87. The minimum Gasteiger partial charge on any atom is -0.481 e. The maximum absolute atomic E-state index is 12.1. The molecule has 0 atom stereocenters. The summed E-state index contributed by atoms with van der Waals surface area (Å²) in [5, 5.41) is 2.80. The molecule has 2 amide bonds. The molecule has 1 aliphatic heterocycles. The maximum Gasteiger partial charge on any atom is 0.317 e. The van der Waals surface area contributed by atoms with Gasteiger partial charge in [-0.2, -0.15) is 4.31 Å². The van der Waals surface area contributed by atoms with E-state index >= 15 is 0 Å². The van der Waals surface area contributed by atoms with E-state index in [0.29, 0.717) is 38.6 Å². The van der Waals surface area contributed by atoms with Crippen LogP contribution in [0.3, 0.4) is 0 Å². The molecule has 0 spiro atoms. The summed E-state index contributed by atoms with van der Waals surface area (Å²) in [6.45, 7) is 1.71. The van der Waals surface area contributed by atoms with Crippen molar-refractivity contribution in [1.29, 1.82) is 0 Å². The summed E-state index contributed by atoms with van der Waals surface area (Å²) < 4.78 is 29.4. The van der Waals surface area contributed by atoms with Crippen molar-refractivity contribution < 1.29 is 17.9 Å². The molecule has 1 saturated heterocycles. The topological polar surface area (TPSA) is 91.8 Å². The molecule has 1 fully saturated rings. The minimum atomic E-state index is -3.19. The number of urea groups is 1. The highest BCUT2D eigenvalue weighted by Gasteiger charge is 2.25. The van der Waals surface area contributed by atoms with Crippen molar-refractivity contribution in [2.24, 2.45) is 0 Å². The number of sulfonamides is 1. The highest BCUT2D eigenvalue weighted by molar-refractivity contribution is 7.88. The molecule has 2 heterocycles. The number of methoxy groups -OCH3 is 1. The van der Waals surface area contributed by atoms with E-state index < -0.39 is 10.0 Å². The molecular formula is C13H20N4O4S. The molecule has 1 aromatic heterocycles. The summed E-state index contributed by atoms with van der Waals surface area (Å²) in [5.41, 5.74) is 0.785. The van der Waals surface area contributed by atoms with Gasteiger partial charge < -0.3 is 15.0 Å². The second-order valence-corrected chi connectivity index (χ2v) is 6.96. The van der Waals surface area contributed by atoms with Crippen LogP contribution in [-0.2, 0) is 16.6 Å². The molecule has 0 unspecified atom stereocenters. The van der Waals surface area contributed by atoms with Gasteiger partial charge in [0.2, 0.25) is 15.9 Å². The molecule has 9 heteroatoms. The fraction of sp³-hybridized carbons (Fsp3) is 0.538. The summed E-state index contributed by atoms with van der Waals surface area (Å²) in [5.74, 6) is 0.477. The normalized spacial score (nSPS) is 16.4. The first kappa shape index (κ1) is 16.5. The Kier molecular flexibility index (Phi) is 5.19. The number of hydrogen-bond donors (Lipinski definition) is 1. The van der Waals surface area contributed by atoms with Gasteiger partial charge in [0.05, 0.1) is 13.4 Å². The Balaban J connectivity index is 1.86. The summed E-state index contributed by atoms with van der Waals surface area (Å²) in [6, 6.07) is 3.38. The van der Waals surface area contributed by atoms with Gasteiger partial charge in [-0.05, 0) is 6.07 Å². The van der Waals surface area contributed by atoms with Gasteiger partial charge in [0.1, 0.15) is 0 Å². The van der Waals surface area contributed by atoms with Crippen molar-refractivity contribution >= 4 is 16.1 Å². The summed E-state index contributed by atoms with van der Waals surface area (Å²) in [6.07, 6.45) is 2.80. The number of carbonyl (C=O) groups excluding carboxylic acids is 1. The summed E-state index contributed by atoms with van der Waals surface area (Å²) in [4.78, 5) is 17.8. The SMILES string of the molecule is COc1ncccc1CNC(=O)N1CCN(S(C)(=O)=O)CC1. The number of nitrogens with zero attached hydrogens (tertiary/aromatic N) is 3. The average Bonchev–Trinajstić information content (AvgIpc) is 2.52. The first-order valence-corrected chi connectivity index (χ1v) is 8.72. The van der Waals surface area contributed by atoms with E-state index in [0.717, 1.165) is 5.56 Å². The average molecular weight is 328 g/mol. The van der Waals surface area contributed by atoms with Gasteiger partial charge in [0.25, 0.3) is 0 Å². The fourth-order valence-corrected chi connectivity index (χ4v) is 3.07. The standard InChI is InChI=1S/C13H20N4O4S/c1-21-12-11(4-3-5-14-12)10-15-13(18)16-6-8-17(9-7-16)22(2,19)20/h3-5H,6-10H2,1-2H3,(H,15,18). The molecule has 1 aliphatic rings. The Morgan fingerprint density at radius 3 is 2.64 bits per heavy atom. The number of rotatable bonds is 4. The van der Waals surface area contributed by atoms with Crippen LogP contribution < -0.4 is 10.1 Å². The molecule has 0 aromatic carbocycles. The van der Waals surface area contributed by atoms with Crippen molar-refractivity contribution in [3.05, 3.63) is 23.9 Å². The molecule has 0 radical (unpaired) electrons. The zero-order valence-corrected chi connectivity index (χ0v) is 13.5. The van der Waals surface area contributed by atoms with Gasteiger partial charge >= 0.3 is 6.03 Å². The summed E-state index contributed by atoms with van der Waals surface area (Å²) >= 11 is 0. The van der Waals surface area contributed by atoms with E-state index in [9.17, 15) is 13.2 Å². The number of carbonyl (C=O) groups is 1. The molecule has 8 nitrogen and oxygen atoms in total. The molecule has 22 heavy (non-hydrogen) atoms. The lowest BCUT2D eigenvalue weighted by Gasteiger charge is -2.33. The number of amides is 2. The summed E-state index contributed by atoms with van der Waals surface area (Å²) in [7, 11) is -1.66. The van der Waals surface area contributed by atoms with Gasteiger partial charge in [-0.15, -0.1) is 0 Å². The number of pyridine rings is 1. The Morgan fingerprint density at radius 2 is 2.05 bits per heavy atom. The predicted molar refractivity (Wildman–Crippen MR) is 81.0 cm³/mol. The third-order valence-electron chi connectivity index (χ3n) is 3.47. The van der Waals surface area contributed by atoms with Crippen molar-refractivity contribution in [2.75, 3.05) is 39.5 Å². The van der Waals surface area contributed by atoms with Crippen molar-refractivity contribution in [3.8, 4) is 5.88 Å². The number of nitrogens with one attached hydrogen (secondary N) is 1. The molecule has 122 valence electrons. The smallest absolute Gasteiger partial charge is 0.317 e. The molecule has 0 aliphatic carbocycles. The molecular weight excluding hydrogens is 308 g/mol. The van der Waals surface area contributed by atoms with Gasteiger partial charge in [0, 0.05) is 44.5 Å². The maximum atomic E-state index is 12.1. The number of piperazine rings is 1. The number of ether oxygens (including phenoxy) is 1. The van der Waals surface area contributed by atoms with Gasteiger partial charge in [-0.25, -0.2) is 18.2 Å². The van der Waals surface area contributed by atoms with Crippen LogP contribution in [0.2, 0.25) is 0 Å². The monoisotopic (exact) mass is 328 g/mol. The minimum absolute atomic E-state index is 0.223. The Bertz CT molecular complexity index is 627. The number of aromatic nitrogens is 1. The van der Waals surface area contributed by atoms with Crippen molar-refractivity contribution in [2.45, 2.75) is 6.54 Å². The lowest BCUT2D eigenvalue weighted by Crippen LogP contribution is -2.52. The molecule has 1 aromatic rings. The van der Waals surface area contributed by atoms with Gasteiger partial charge in [0.15, 0.2) is 0 Å². The zero-order valence-electron chi connectivity index (χ0n) is 12.7. The van der Waals surface area contributed by atoms with E-state index in [4.69, 9.17) is 4.74 Å². The van der Waals surface area contributed by atoms with Crippen LogP contribution in [-0.4, -0.2) is 68.2 Å². The second kappa shape index (κ2) is 6.93. The van der Waals surface area contributed by atoms with Crippen LogP contribution >= 0.6 is 0 Å². The van der Waals surface area contributed by atoms with Crippen LogP contribution in [0.4, 0.5) is 4.79 Å². The van der Waals surface area contributed by atoms with Crippen LogP contribution in [0.15, 0.2) is 18.3 Å². The quantitative estimate of drug-likeness (QED) is 0.832. The fourth-order valence-electron chi connectivity index (χ4n) is 2.25.